The van der Waals surface area contributed by atoms with E-state index in [0.717, 1.165) is 0 Å². The van der Waals surface area contributed by atoms with Gasteiger partial charge in [-0.2, -0.15) is 10.5 Å². The van der Waals surface area contributed by atoms with Gasteiger partial charge in [-0.15, -0.1) is 5.54 Å². The molecule has 1 aromatic carbocycles. The summed E-state index contributed by atoms with van der Waals surface area (Å²) >= 11 is 0. The Morgan fingerprint density at radius 3 is 2.18 bits per heavy atom. The van der Waals surface area contributed by atoms with Gasteiger partial charge in [0.25, 0.3) is 0 Å². The lowest BCUT2D eigenvalue weighted by molar-refractivity contribution is 0.623. The standard InChI is InChI=1S/C13H11FN2Si/c1-17(2,3)7-6-11-12(9-16)10(8-15)4-5-13(11)14/h4-5H,1-3H3. The molecule has 0 saturated heterocycles. The van der Waals surface area contributed by atoms with Crippen molar-refractivity contribution >= 4 is 8.07 Å². The van der Waals surface area contributed by atoms with Gasteiger partial charge in [0.05, 0.1) is 16.7 Å². The maximum absolute atomic E-state index is 13.6. The van der Waals surface area contributed by atoms with Gasteiger partial charge in [0.2, 0.25) is 0 Å². The monoisotopic (exact) mass is 242 g/mol. The Morgan fingerprint density at radius 2 is 1.71 bits per heavy atom. The predicted molar refractivity (Wildman–Crippen MR) is 66.1 cm³/mol. The minimum Gasteiger partial charge on any atom is -0.206 e. The van der Waals surface area contributed by atoms with Crippen LogP contribution in [0.15, 0.2) is 12.1 Å². The van der Waals surface area contributed by atoms with Gasteiger partial charge < -0.3 is 0 Å². The minimum absolute atomic E-state index is 0.0262. The van der Waals surface area contributed by atoms with Crippen LogP contribution in [0.4, 0.5) is 4.39 Å². The quantitative estimate of drug-likeness (QED) is 0.519. The van der Waals surface area contributed by atoms with Crippen molar-refractivity contribution < 1.29 is 4.39 Å². The highest BCUT2D eigenvalue weighted by Crippen LogP contribution is 2.16. The van der Waals surface area contributed by atoms with Crippen molar-refractivity contribution in [2.75, 3.05) is 0 Å². The Balaban J connectivity index is 3.48. The first kappa shape index (κ1) is 13.0. The summed E-state index contributed by atoms with van der Waals surface area (Å²) < 4.78 is 13.6. The molecular weight excluding hydrogens is 231 g/mol. The lowest BCUT2D eigenvalue weighted by Gasteiger charge is -2.05. The van der Waals surface area contributed by atoms with E-state index in [1.54, 1.807) is 0 Å². The molecule has 0 unspecified atom stereocenters. The van der Waals surface area contributed by atoms with Gasteiger partial charge in [0.15, 0.2) is 0 Å². The molecule has 0 atom stereocenters. The highest BCUT2D eigenvalue weighted by molar-refractivity contribution is 6.83. The van der Waals surface area contributed by atoms with Gasteiger partial charge in [0, 0.05) is 0 Å². The first-order valence-corrected chi connectivity index (χ1v) is 8.55. The van der Waals surface area contributed by atoms with E-state index in [4.69, 9.17) is 10.5 Å². The molecule has 4 heteroatoms. The number of hydrogen-bond donors (Lipinski definition) is 0. The third-order valence-electron chi connectivity index (χ3n) is 1.95. The van der Waals surface area contributed by atoms with E-state index in [9.17, 15) is 4.39 Å². The number of benzene rings is 1. The molecule has 84 valence electrons. The average Bonchev–Trinajstić information content (AvgIpc) is 2.25. The summed E-state index contributed by atoms with van der Waals surface area (Å²) in [5.74, 6) is 2.16. The van der Waals surface area contributed by atoms with Gasteiger partial charge in [0.1, 0.15) is 26.0 Å². The van der Waals surface area contributed by atoms with Crippen LogP contribution in [-0.4, -0.2) is 8.07 Å². The lowest BCUT2D eigenvalue weighted by atomic mass is 10.0. The minimum atomic E-state index is -1.65. The van der Waals surface area contributed by atoms with Crippen LogP contribution in [0.3, 0.4) is 0 Å². The second-order valence-corrected chi connectivity index (χ2v) is 9.32. The second-order valence-electron chi connectivity index (χ2n) is 4.57. The number of rotatable bonds is 0. The smallest absolute Gasteiger partial charge is 0.140 e. The van der Waals surface area contributed by atoms with E-state index in [2.05, 4.69) is 11.5 Å². The average molecular weight is 242 g/mol. The zero-order valence-corrected chi connectivity index (χ0v) is 10.9. The van der Waals surface area contributed by atoms with Crippen molar-refractivity contribution in [3.05, 3.63) is 34.6 Å². The fourth-order valence-electron chi connectivity index (χ4n) is 1.16. The molecule has 0 N–H and O–H groups in total. The normalized spacial score (nSPS) is 9.76. The van der Waals surface area contributed by atoms with Crippen molar-refractivity contribution in [2.24, 2.45) is 0 Å². The van der Waals surface area contributed by atoms with Crippen molar-refractivity contribution in [1.82, 2.24) is 0 Å². The maximum atomic E-state index is 13.6. The summed E-state index contributed by atoms with van der Waals surface area (Å²) in [6.07, 6.45) is 0. The van der Waals surface area contributed by atoms with Crippen molar-refractivity contribution in [2.45, 2.75) is 19.6 Å². The summed E-state index contributed by atoms with van der Waals surface area (Å²) in [6.45, 7) is 6.08. The van der Waals surface area contributed by atoms with Crippen LogP contribution in [0.1, 0.15) is 16.7 Å². The van der Waals surface area contributed by atoms with Crippen LogP contribution in [0.25, 0.3) is 0 Å². The third-order valence-corrected chi connectivity index (χ3v) is 2.82. The van der Waals surface area contributed by atoms with E-state index in [1.165, 1.54) is 12.1 Å². The Bertz CT molecular complexity index is 589. The molecule has 1 aromatic rings. The van der Waals surface area contributed by atoms with Gasteiger partial charge in [-0.3, -0.25) is 0 Å². The topological polar surface area (TPSA) is 47.6 Å². The fraction of sp³-hybridized carbons (Fsp3) is 0.231. The van der Waals surface area contributed by atoms with Gasteiger partial charge in [-0.25, -0.2) is 4.39 Å². The SMILES string of the molecule is C[Si](C)(C)C#Cc1c(F)ccc(C#N)c1C#N. The molecule has 0 aliphatic rings. The Hall–Kier alpha value is -2.09. The summed E-state index contributed by atoms with van der Waals surface area (Å²) in [5.41, 5.74) is 3.22. The molecule has 0 saturated carbocycles. The molecule has 0 heterocycles. The predicted octanol–water partition coefficient (Wildman–Crippen LogP) is 2.80. The van der Waals surface area contributed by atoms with Crippen molar-refractivity contribution in [1.29, 1.82) is 10.5 Å². The second kappa shape index (κ2) is 4.83. The van der Waals surface area contributed by atoms with Gasteiger partial charge in [-0.1, -0.05) is 25.6 Å². The zero-order chi connectivity index (χ0) is 13.1. The molecule has 0 aliphatic heterocycles. The van der Waals surface area contributed by atoms with Crippen LogP contribution in [0, 0.1) is 39.9 Å². The lowest BCUT2D eigenvalue weighted by Crippen LogP contribution is -2.16. The summed E-state index contributed by atoms with van der Waals surface area (Å²) in [5, 5.41) is 17.8. The highest BCUT2D eigenvalue weighted by Gasteiger charge is 2.13. The van der Waals surface area contributed by atoms with Crippen molar-refractivity contribution in [3.8, 4) is 23.6 Å². The molecule has 0 bridgehead atoms. The Morgan fingerprint density at radius 1 is 1.06 bits per heavy atom. The first-order valence-electron chi connectivity index (χ1n) is 5.05. The summed E-state index contributed by atoms with van der Waals surface area (Å²) in [7, 11) is -1.65. The molecule has 1 rings (SSSR count). The highest BCUT2D eigenvalue weighted by atomic mass is 28.3. The maximum Gasteiger partial charge on any atom is 0.140 e. The first-order chi connectivity index (χ1) is 7.89. The van der Waals surface area contributed by atoms with E-state index >= 15 is 0 Å². The number of nitrogens with zero attached hydrogens (tertiary/aromatic N) is 2. The number of hydrogen-bond acceptors (Lipinski definition) is 2. The van der Waals surface area contributed by atoms with E-state index < -0.39 is 13.9 Å². The zero-order valence-electron chi connectivity index (χ0n) is 9.93. The molecule has 2 nitrogen and oxygen atoms in total. The molecule has 0 spiro atoms. The van der Waals surface area contributed by atoms with Gasteiger partial charge >= 0.3 is 0 Å². The Labute approximate surface area is 101 Å². The van der Waals surface area contributed by atoms with Crippen LogP contribution < -0.4 is 0 Å². The van der Waals surface area contributed by atoms with Crippen LogP contribution in [0.5, 0.6) is 0 Å². The summed E-state index contributed by atoms with van der Waals surface area (Å²) in [4.78, 5) is 0. The molecule has 0 amide bonds. The molecule has 0 aliphatic carbocycles. The fourth-order valence-corrected chi connectivity index (χ4v) is 1.66. The molecule has 0 fully saturated rings. The molecular formula is C13H11FN2Si. The summed E-state index contributed by atoms with van der Waals surface area (Å²) in [6, 6.07) is 6.18. The Kier molecular flexibility index (Phi) is 3.68. The van der Waals surface area contributed by atoms with Crippen LogP contribution >= 0.6 is 0 Å². The van der Waals surface area contributed by atoms with Crippen LogP contribution in [-0.2, 0) is 0 Å². The van der Waals surface area contributed by atoms with E-state index in [-0.39, 0.29) is 16.7 Å². The molecule has 0 radical (unpaired) electrons. The largest absolute Gasteiger partial charge is 0.206 e. The van der Waals surface area contributed by atoms with Gasteiger partial charge in [-0.05, 0) is 12.1 Å². The van der Waals surface area contributed by atoms with E-state index in [1.807, 2.05) is 31.8 Å². The third kappa shape index (κ3) is 3.18. The molecule has 17 heavy (non-hydrogen) atoms. The molecule has 0 aromatic heterocycles. The number of nitriles is 2. The van der Waals surface area contributed by atoms with Crippen LogP contribution in [0.2, 0.25) is 19.6 Å². The number of halogens is 1. The van der Waals surface area contributed by atoms with E-state index in [0.29, 0.717) is 0 Å². The van der Waals surface area contributed by atoms with Crippen molar-refractivity contribution in [3.63, 3.8) is 0 Å².